The van der Waals surface area contributed by atoms with Crippen molar-refractivity contribution in [3.05, 3.63) is 75.3 Å². The molecule has 0 atom stereocenters. The molecule has 0 aliphatic carbocycles. The highest BCUT2D eigenvalue weighted by molar-refractivity contribution is 6.00. The molecule has 1 aliphatic heterocycles. The predicted octanol–water partition coefficient (Wildman–Crippen LogP) is 3.16. The monoisotopic (exact) mass is 376 g/mol. The Labute approximate surface area is 163 Å². The second-order valence-electron chi connectivity index (χ2n) is 7.37. The van der Waals surface area contributed by atoms with Gasteiger partial charge in [0.25, 0.3) is 11.5 Å². The van der Waals surface area contributed by atoms with E-state index in [2.05, 4.69) is 10.3 Å². The van der Waals surface area contributed by atoms with Gasteiger partial charge in [-0.05, 0) is 49.9 Å². The molecule has 3 aromatic rings. The van der Waals surface area contributed by atoms with E-state index in [4.69, 9.17) is 0 Å². The lowest BCUT2D eigenvalue weighted by Gasteiger charge is -2.19. The molecule has 1 fully saturated rings. The van der Waals surface area contributed by atoms with Gasteiger partial charge in [0.15, 0.2) is 0 Å². The molecule has 4 rings (SSSR count). The summed E-state index contributed by atoms with van der Waals surface area (Å²) in [6.45, 7) is 5.93. The first kappa shape index (κ1) is 18.2. The standard InChI is InChI=1S/C22H24N4O2/c1-15-8-9-19-24-17(12-20(27)26(19)14-15)13-23-21-16(2)6-5-7-18(21)22(28)25-10-3-4-11-25/h5-9,12,14,23H,3-4,10-11,13H2,1-2H3. The highest BCUT2D eigenvalue weighted by Crippen LogP contribution is 2.24. The summed E-state index contributed by atoms with van der Waals surface area (Å²) in [6, 6.07) is 11.1. The largest absolute Gasteiger partial charge is 0.379 e. The highest BCUT2D eigenvalue weighted by atomic mass is 16.2. The minimum absolute atomic E-state index is 0.0608. The Morgan fingerprint density at radius 3 is 2.71 bits per heavy atom. The van der Waals surface area contributed by atoms with Crippen LogP contribution in [0.3, 0.4) is 0 Å². The molecule has 0 spiro atoms. The van der Waals surface area contributed by atoms with Crippen molar-refractivity contribution in [3.63, 3.8) is 0 Å². The smallest absolute Gasteiger partial charge is 0.258 e. The van der Waals surface area contributed by atoms with Crippen molar-refractivity contribution in [2.75, 3.05) is 18.4 Å². The SMILES string of the molecule is Cc1ccc2nc(CNc3c(C)cccc3C(=O)N3CCCC3)cc(=O)n2c1. The maximum Gasteiger partial charge on any atom is 0.258 e. The van der Waals surface area contributed by atoms with Gasteiger partial charge in [0.1, 0.15) is 5.65 Å². The number of carbonyl (C=O) groups excluding carboxylic acids is 1. The summed E-state index contributed by atoms with van der Waals surface area (Å²) in [5.41, 5.74) is 4.65. The van der Waals surface area contributed by atoms with E-state index in [1.807, 2.05) is 49.1 Å². The summed E-state index contributed by atoms with van der Waals surface area (Å²) in [6.07, 6.45) is 3.91. The van der Waals surface area contributed by atoms with Crippen LogP contribution < -0.4 is 10.9 Å². The van der Waals surface area contributed by atoms with Crippen LogP contribution in [0.4, 0.5) is 5.69 Å². The van der Waals surface area contributed by atoms with Gasteiger partial charge in [0.2, 0.25) is 0 Å². The number of hydrogen-bond donors (Lipinski definition) is 1. The molecule has 144 valence electrons. The average molecular weight is 376 g/mol. The minimum Gasteiger partial charge on any atom is -0.379 e. The van der Waals surface area contributed by atoms with E-state index in [1.54, 1.807) is 16.7 Å². The number of anilines is 1. The van der Waals surface area contributed by atoms with Crippen LogP contribution in [-0.2, 0) is 6.54 Å². The number of para-hydroxylation sites is 1. The fourth-order valence-corrected chi connectivity index (χ4v) is 3.70. The average Bonchev–Trinajstić information content (AvgIpc) is 3.22. The van der Waals surface area contributed by atoms with Gasteiger partial charge in [-0.2, -0.15) is 0 Å². The molecule has 1 amide bonds. The molecule has 1 aromatic carbocycles. The van der Waals surface area contributed by atoms with Gasteiger partial charge in [0.05, 0.1) is 23.5 Å². The number of benzene rings is 1. The van der Waals surface area contributed by atoms with Gasteiger partial charge >= 0.3 is 0 Å². The van der Waals surface area contributed by atoms with Crippen LogP contribution in [0.25, 0.3) is 5.65 Å². The number of likely N-dealkylation sites (tertiary alicyclic amines) is 1. The Kier molecular flexibility index (Phi) is 4.86. The topological polar surface area (TPSA) is 66.7 Å². The summed E-state index contributed by atoms with van der Waals surface area (Å²) in [5, 5.41) is 3.35. The third-order valence-electron chi connectivity index (χ3n) is 5.20. The molecular weight excluding hydrogens is 352 g/mol. The lowest BCUT2D eigenvalue weighted by Crippen LogP contribution is -2.28. The number of aryl methyl sites for hydroxylation is 2. The van der Waals surface area contributed by atoms with Gasteiger partial charge in [-0.25, -0.2) is 4.98 Å². The summed E-state index contributed by atoms with van der Waals surface area (Å²) >= 11 is 0. The summed E-state index contributed by atoms with van der Waals surface area (Å²) in [4.78, 5) is 31.8. The normalized spacial score (nSPS) is 13.9. The summed E-state index contributed by atoms with van der Waals surface area (Å²) in [5.74, 6) is 0.0608. The molecular formula is C22H24N4O2. The Bertz CT molecular complexity index is 1100. The van der Waals surface area contributed by atoms with Crippen LogP contribution in [0.2, 0.25) is 0 Å². The summed E-state index contributed by atoms with van der Waals surface area (Å²) in [7, 11) is 0. The van der Waals surface area contributed by atoms with Crippen LogP contribution in [0, 0.1) is 13.8 Å². The van der Waals surface area contributed by atoms with Crippen LogP contribution in [0.5, 0.6) is 0 Å². The predicted molar refractivity (Wildman–Crippen MR) is 110 cm³/mol. The van der Waals surface area contributed by atoms with Crippen molar-refractivity contribution >= 4 is 17.2 Å². The number of fused-ring (bicyclic) bond motifs is 1. The maximum atomic E-state index is 12.9. The quantitative estimate of drug-likeness (QED) is 0.760. The van der Waals surface area contributed by atoms with E-state index in [1.165, 1.54) is 0 Å². The third kappa shape index (κ3) is 3.50. The van der Waals surface area contributed by atoms with Crippen molar-refractivity contribution in [3.8, 4) is 0 Å². The molecule has 2 aromatic heterocycles. The first-order valence-corrected chi connectivity index (χ1v) is 9.64. The van der Waals surface area contributed by atoms with Crippen molar-refractivity contribution in [1.82, 2.24) is 14.3 Å². The van der Waals surface area contributed by atoms with E-state index in [0.717, 1.165) is 42.7 Å². The Balaban J connectivity index is 1.61. The van der Waals surface area contributed by atoms with E-state index in [0.29, 0.717) is 23.4 Å². The first-order chi connectivity index (χ1) is 13.5. The first-order valence-electron chi connectivity index (χ1n) is 9.64. The number of pyridine rings is 1. The number of nitrogens with one attached hydrogen (secondary N) is 1. The van der Waals surface area contributed by atoms with Crippen molar-refractivity contribution in [2.45, 2.75) is 33.2 Å². The van der Waals surface area contributed by atoms with E-state index >= 15 is 0 Å². The maximum absolute atomic E-state index is 12.9. The minimum atomic E-state index is -0.108. The Hall–Kier alpha value is -3.15. The van der Waals surface area contributed by atoms with E-state index in [9.17, 15) is 9.59 Å². The molecule has 6 heteroatoms. The zero-order valence-corrected chi connectivity index (χ0v) is 16.2. The molecule has 0 bridgehead atoms. The molecule has 1 aliphatic rings. The van der Waals surface area contributed by atoms with Gasteiger partial charge in [-0.3, -0.25) is 14.0 Å². The molecule has 0 unspecified atom stereocenters. The van der Waals surface area contributed by atoms with Gasteiger partial charge in [0, 0.05) is 25.4 Å². The Morgan fingerprint density at radius 1 is 1.14 bits per heavy atom. The van der Waals surface area contributed by atoms with Gasteiger partial charge in [-0.1, -0.05) is 18.2 Å². The van der Waals surface area contributed by atoms with E-state index < -0.39 is 0 Å². The van der Waals surface area contributed by atoms with Crippen LogP contribution >= 0.6 is 0 Å². The fourth-order valence-electron chi connectivity index (χ4n) is 3.70. The van der Waals surface area contributed by atoms with Crippen molar-refractivity contribution in [2.24, 2.45) is 0 Å². The molecule has 1 N–H and O–H groups in total. The molecule has 0 saturated carbocycles. The highest BCUT2D eigenvalue weighted by Gasteiger charge is 2.22. The number of rotatable bonds is 4. The van der Waals surface area contributed by atoms with Crippen LogP contribution in [0.15, 0.2) is 47.4 Å². The molecule has 3 heterocycles. The van der Waals surface area contributed by atoms with E-state index in [-0.39, 0.29) is 11.5 Å². The molecule has 1 saturated heterocycles. The number of amides is 1. The molecule has 0 radical (unpaired) electrons. The molecule has 6 nitrogen and oxygen atoms in total. The number of nitrogens with zero attached hydrogens (tertiary/aromatic N) is 3. The van der Waals surface area contributed by atoms with Crippen LogP contribution in [-0.4, -0.2) is 33.3 Å². The summed E-state index contributed by atoms with van der Waals surface area (Å²) < 4.78 is 1.55. The number of hydrogen-bond acceptors (Lipinski definition) is 4. The zero-order chi connectivity index (χ0) is 19.7. The van der Waals surface area contributed by atoms with Crippen molar-refractivity contribution < 1.29 is 4.79 Å². The number of aromatic nitrogens is 2. The fraction of sp³-hybridized carbons (Fsp3) is 0.318. The number of carbonyl (C=O) groups is 1. The second-order valence-corrected chi connectivity index (χ2v) is 7.37. The van der Waals surface area contributed by atoms with Crippen LogP contribution in [0.1, 0.15) is 40.0 Å². The van der Waals surface area contributed by atoms with Crippen molar-refractivity contribution in [1.29, 1.82) is 0 Å². The van der Waals surface area contributed by atoms with Gasteiger partial charge in [-0.15, -0.1) is 0 Å². The second kappa shape index (κ2) is 7.46. The molecule has 28 heavy (non-hydrogen) atoms. The lowest BCUT2D eigenvalue weighted by molar-refractivity contribution is 0.0793. The van der Waals surface area contributed by atoms with Gasteiger partial charge < -0.3 is 10.2 Å². The third-order valence-corrected chi connectivity index (χ3v) is 5.20. The lowest BCUT2D eigenvalue weighted by atomic mass is 10.1. The Morgan fingerprint density at radius 2 is 1.93 bits per heavy atom. The zero-order valence-electron chi connectivity index (χ0n) is 16.2.